The van der Waals surface area contributed by atoms with Crippen molar-refractivity contribution in [3.05, 3.63) is 53.9 Å². The highest BCUT2D eigenvalue weighted by Crippen LogP contribution is 2.33. The minimum Gasteiger partial charge on any atom is -0.490 e. The van der Waals surface area contributed by atoms with Crippen molar-refractivity contribution in [3.63, 3.8) is 0 Å². The second-order valence-electron chi connectivity index (χ2n) is 4.76. The molecule has 1 aromatic heterocycles. The molecule has 4 heteroatoms. The summed E-state index contributed by atoms with van der Waals surface area (Å²) in [6.45, 7) is 1.42. The third kappa shape index (κ3) is 2.60. The first-order valence-electron chi connectivity index (χ1n) is 6.85. The fourth-order valence-electron chi connectivity index (χ4n) is 2.44. The lowest BCUT2D eigenvalue weighted by molar-refractivity contribution is 0.297. The summed E-state index contributed by atoms with van der Waals surface area (Å²) >= 11 is 0. The first kappa shape index (κ1) is 12.9. The molecule has 4 nitrogen and oxygen atoms in total. The lowest BCUT2D eigenvalue weighted by Crippen LogP contribution is -2.17. The van der Waals surface area contributed by atoms with Crippen LogP contribution < -0.4 is 14.8 Å². The molecule has 0 aliphatic carbocycles. The highest BCUT2D eigenvalue weighted by atomic mass is 16.5. The van der Waals surface area contributed by atoms with Gasteiger partial charge in [0, 0.05) is 18.8 Å². The molecule has 0 saturated carbocycles. The van der Waals surface area contributed by atoms with Crippen molar-refractivity contribution in [2.45, 2.75) is 12.5 Å². The molecule has 1 aliphatic rings. The number of nitrogens with one attached hydrogen (secondary N) is 1. The Bertz CT molecular complexity index is 572. The van der Waals surface area contributed by atoms with Gasteiger partial charge in [-0.25, -0.2) is 0 Å². The molecule has 104 valence electrons. The standard InChI is InChI=1S/C16H18N2O2/c1-17-16(12-5-7-18-8-6-12)13-3-4-14-15(11-13)20-10-2-9-19-14/h3-8,11,16-17H,2,9-10H2,1H3. The number of ether oxygens (including phenoxy) is 2. The summed E-state index contributed by atoms with van der Waals surface area (Å²) in [5.74, 6) is 1.66. The van der Waals surface area contributed by atoms with Crippen molar-refractivity contribution in [1.29, 1.82) is 0 Å². The van der Waals surface area contributed by atoms with Crippen LogP contribution in [0.15, 0.2) is 42.7 Å². The summed E-state index contributed by atoms with van der Waals surface area (Å²) in [5.41, 5.74) is 2.33. The lowest BCUT2D eigenvalue weighted by atomic mass is 9.99. The first-order valence-corrected chi connectivity index (χ1v) is 6.85. The summed E-state index contributed by atoms with van der Waals surface area (Å²) in [5, 5.41) is 3.33. The molecule has 2 aromatic rings. The number of pyridine rings is 1. The Hall–Kier alpha value is -2.07. The first-order chi connectivity index (χ1) is 9.88. The maximum Gasteiger partial charge on any atom is 0.161 e. The largest absolute Gasteiger partial charge is 0.490 e. The molecular weight excluding hydrogens is 252 g/mol. The van der Waals surface area contributed by atoms with Gasteiger partial charge in [0.2, 0.25) is 0 Å². The lowest BCUT2D eigenvalue weighted by Gasteiger charge is -2.18. The van der Waals surface area contributed by atoms with E-state index in [0.29, 0.717) is 13.2 Å². The van der Waals surface area contributed by atoms with Crippen molar-refractivity contribution < 1.29 is 9.47 Å². The van der Waals surface area contributed by atoms with Crippen LogP contribution in [0.5, 0.6) is 11.5 Å². The van der Waals surface area contributed by atoms with Crippen molar-refractivity contribution in [1.82, 2.24) is 10.3 Å². The van der Waals surface area contributed by atoms with Crippen LogP contribution in [0.2, 0.25) is 0 Å². The second-order valence-corrected chi connectivity index (χ2v) is 4.76. The van der Waals surface area contributed by atoms with Crippen LogP contribution in [0.3, 0.4) is 0 Å². The number of aromatic nitrogens is 1. The smallest absolute Gasteiger partial charge is 0.161 e. The molecule has 0 saturated heterocycles. The minimum absolute atomic E-state index is 0.121. The van der Waals surface area contributed by atoms with Crippen LogP contribution in [-0.4, -0.2) is 25.2 Å². The van der Waals surface area contributed by atoms with E-state index in [2.05, 4.69) is 22.4 Å². The monoisotopic (exact) mass is 270 g/mol. The van der Waals surface area contributed by atoms with Gasteiger partial charge in [-0.1, -0.05) is 6.07 Å². The number of hydrogen-bond donors (Lipinski definition) is 1. The Morgan fingerprint density at radius 2 is 1.75 bits per heavy atom. The predicted octanol–water partition coefficient (Wildman–Crippen LogP) is 2.55. The summed E-state index contributed by atoms with van der Waals surface area (Å²) in [6.07, 6.45) is 4.54. The fraction of sp³-hybridized carbons (Fsp3) is 0.312. The summed E-state index contributed by atoms with van der Waals surface area (Å²) in [6, 6.07) is 10.3. The van der Waals surface area contributed by atoms with Crippen LogP contribution in [0.4, 0.5) is 0 Å². The van der Waals surface area contributed by atoms with Crippen LogP contribution in [0, 0.1) is 0 Å². The van der Waals surface area contributed by atoms with Gasteiger partial charge in [0.15, 0.2) is 11.5 Å². The van der Waals surface area contributed by atoms with E-state index in [1.807, 2.05) is 37.6 Å². The zero-order valence-corrected chi connectivity index (χ0v) is 11.5. The third-order valence-electron chi connectivity index (χ3n) is 3.43. The summed E-state index contributed by atoms with van der Waals surface area (Å²) < 4.78 is 11.4. The summed E-state index contributed by atoms with van der Waals surface area (Å²) in [4.78, 5) is 4.07. The highest BCUT2D eigenvalue weighted by Gasteiger charge is 2.16. The molecule has 2 heterocycles. The molecule has 3 rings (SSSR count). The van der Waals surface area contributed by atoms with Gasteiger partial charge in [-0.3, -0.25) is 4.98 Å². The highest BCUT2D eigenvalue weighted by molar-refractivity contribution is 5.46. The van der Waals surface area contributed by atoms with E-state index in [1.54, 1.807) is 0 Å². The Kier molecular flexibility index (Phi) is 3.83. The van der Waals surface area contributed by atoms with Crippen molar-refractivity contribution in [2.75, 3.05) is 20.3 Å². The van der Waals surface area contributed by atoms with Crippen molar-refractivity contribution in [3.8, 4) is 11.5 Å². The topological polar surface area (TPSA) is 43.4 Å². The zero-order chi connectivity index (χ0) is 13.8. The quantitative estimate of drug-likeness (QED) is 0.931. The van der Waals surface area contributed by atoms with E-state index in [4.69, 9.17) is 9.47 Å². The third-order valence-corrected chi connectivity index (χ3v) is 3.43. The number of rotatable bonds is 3. The number of benzene rings is 1. The van der Waals surface area contributed by atoms with E-state index in [1.165, 1.54) is 5.56 Å². The molecular formula is C16H18N2O2. The Morgan fingerprint density at radius 1 is 1.00 bits per heavy atom. The van der Waals surface area contributed by atoms with Crippen LogP contribution >= 0.6 is 0 Å². The number of nitrogens with zero attached hydrogens (tertiary/aromatic N) is 1. The van der Waals surface area contributed by atoms with Crippen molar-refractivity contribution in [2.24, 2.45) is 0 Å². The Labute approximate surface area is 118 Å². The van der Waals surface area contributed by atoms with E-state index in [9.17, 15) is 0 Å². The van der Waals surface area contributed by atoms with Crippen LogP contribution in [0.1, 0.15) is 23.6 Å². The van der Waals surface area contributed by atoms with E-state index in [0.717, 1.165) is 23.5 Å². The average molecular weight is 270 g/mol. The van der Waals surface area contributed by atoms with E-state index in [-0.39, 0.29) is 6.04 Å². The molecule has 0 bridgehead atoms. The predicted molar refractivity (Wildman–Crippen MR) is 77.2 cm³/mol. The minimum atomic E-state index is 0.121. The molecule has 1 N–H and O–H groups in total. The van der Waals surface area contributed by atoms with Gasteiger partial charge in [-0.2, -0.15) is 0 Å². The average Bonchev–Trinajstić information content (AvgIpc) is 2.74. The molecule has 0 fully saturated rings. The molecule has 0 spiro atoms. The normalized spacial score (nSPS) is 15.4. The zero-order valence-electron chi connectivity index (χ0n) is 11.5. The van der Waals surface area contributed by atoms with Crippen molar-refractivity contribution >= 4 is 0 Å². The van der Waals surface area contributed by atoms with E-state index >= 15 is 0 Å². The van der Waals surface area contributed by atoms with Gasteiger partial charge < -0.3 is 14.8 Å². The number of fused-ring (bicyclic) bond motifs is 1. The molecule has 1 atom stereocenters. The molecule has 0 radical (unpaired) electrons. The summed E-state index contributed by atoms with van der Waals surface area (Å²) in [7, 11) is 1.95. The van der Waals surface area contributed by atoms with Gasteiger partial charge in [0.25, 0.3) is 0 Å². The molecule has 1 aromatic carbocycles. The molecule has 20 heavy (non-hydrogen) atoms. The fourth-order valence-corrected chi connectivity index (χ4v) is 2.44. The van der Waals surface area contributed by atoms with Gasteiger partial charge in [-0.05, 0) is 42.4 Å². The maximum absolute atomic E-state index is 5.75. The Balaban J connectivity index is 1.94. The molecule has 1 aliphatic heterocycles. The van der Waals surface area contributed by atoms with Crippen LogP contribution in [0.25, 0.3) is 0 Å². The molecule has 1 unspecified atom stereocenters. The van der Waals surface area contributed by atoms with Gasteiger partial charge in [-0.15, -0.1) is 0 Å². The van der Waals surface area contributed by atoms with E-state index < -0.39 is 0 Å². The second kappa shape index (κ2) is 5.92. The van der Waals surface area contributed by atoms with Gasteiger partial charge in [0.05, 0.1) is 19.3 Å². The maximum atomic E-state index is 5.75. The van der Waals surface area contributed by atoms with Gasteiger partial charge >= 0.3 is 0 Å². The molecule has 0 amide bonds. The number of hydrogen-bond acceptors (Lipinski definition) is 4. The van der Waals surface area contributed by atoms with Crippen LogP contribution in [-0.2, 0) is 0 Å². The Morgan fingerprint density at radius 3 is 2.50 bits per heavy atom. The van der Waals surface area contributed by atoms with Gasteiger partial charge in [0.1, 0.15) is 0 Å². The SMILES string of the molecule is CNC(c1ccncc1)c1ccc2c(c1)OCCCO2.